The summed E-state index contributed by atoms with van der Waals surface area (Å²) in [6, 6.07) is 31.8. The lowest BCUT2D eigenvalue weighted by Gasteiger charge is -2.38. The number of hydrogen-bond acceptors (Lipinski definition) is 5. The molecule has 4 aromatic carbocycles. The SMILES string of the molecule is CN(CCc1ccccc1)C(=O)c1ccccc1N1CCN(C(=O)[C@@H](Cc2ccc(Cl)cc2)NC(=O)C2N[CH]Cc3ccccc32)CC1. The average molecular weight is 663 g/mol. The van der Waals surface area contributed by atoms with Gasteiger partial charge in [0.2, 0.25) is 11.8 Å². The Hall–Kier alpha value is -4.66. The van der Waals surface area contributed by atoms with Crippen LogP contribution in [0.1, 0.15) is 38.7 Å². The molecule has 9 heteroatoms. The number of carbonyl (C=O) groups excluding carboxylic acids is 3. The van der Waals surface area contributed by atoms with Crippen LogP contribution in [0.5, 0.6) is 0 Å². The maximum absolute atomic E-state index is 14.1. The fourth-order valence-corrected chi connectivity index (χ4v) is 6.60. The van der Waals surface area contributed by atoms with E-state index in [1.807, 2.05) is 97.4 Å². The number of nitrogens with zero attached hydrogens (tertiary/aromatic N) is 3. The van der Waals surface area contributed by atoms with Gasteiger partial charge in [-0.1, -0.05) is 90.5 Å². The molecule has 6 rings (SSSR count). The van der Waals surface area contributed by atoms with Gasteiger partial charge in [-0.3, -0.25) is 19.7 Å². The Morgan fingerprint density at radius 3 is 2.31 bits per heavy atom. The molecular weight excluding hydrogens is 622 g/mol. The summed E-state index contributed by atoms with van der Waals surface area (Å²) in [6.07, 6.45) is 1.85. The summed E-state index contributed by atoms with van der Waals surface area (Å²) in [7, 11) is 1.84. The van der Waals surface area contributed by atoms with Gasteiger partial charge in [0.05, 0.1) is 5.56 Å². The van der Waals surface area contributed by atoms with Gasteiger partial charge in [0.15, 0.2) is 0 Å². The van der Waals surface area contributed by atoms with Crippen LogP contribution < -0.4 is 15.5 Å². The minimum Gasteiger partial charge on any atom is -0.367 e. The molecule has 2 N–H and O–H groups in total. The smallest absolute Gasteiger partial charge is 0.255 e. The number of rotatable bonds is 10. The first-order valence-electron chi connectivity index (χ1n) is 16.5. The second kappa shape index (κ2) is 15.5. The molecule has 0 spiro atoms. The van der Waals surface area contributed by atoms with Crippen LogP contribution in [0, 0.1) is 6.54 Å². The first-order chi connectivity index (χ1) is 23.4. The summed E-state index contributed by atoms with van der Waals surface area (Å²) in [5, 5.41) is 6.91. The average Bonchev–Trinajstić information content (AvgIpc) is 3.14. The number of fused-ring (bicyclic) bond motifs is 1. The van der Waals surface area contributed by atoms with Crippen LogP contribution in [0.15, 0.2) is 103 Å². The number of carbonyl (C=O) groups is 3. The second-order valence-electron chi connectivity index (χ2n) is 12.4. The van der Waals surface area contributed by atoms with Crippen molar-refractivity contribution in [2.24, 2.45) is 0 Å². The zero-order chi connectivity index (χ0) is 33.5. The largest absolute Gasteiger partial charge is 0.367 e. The van der Waals surface area contributed by atoms with E-state index in [-0.39, 0.29) is 17.7 Å². The van der Waals surface area contributed by atoms with Crippen molar-refractivity contribution in [3.8, 4) is 0 Å². The molecule has 1 saturated heterocycles. The molecule has 8 nitrogen and oxygen atoms in total. The number of anilines is 1. The van der Waals surface area contributed by atoms with E-state index in [1.54, 1.807) is 17.0 Å². The zero-order valence-corrected chi connectivity index (χ0v) is 27.9. The number of likely N-dealkylation sites (N-methyl/N-ethyl adjacent to an activating group) is 1. The maximum Gasteiger partial charge on any atom is 0.255 e. The van der Waals surface area contributed by atoms with Crippen LogP contribution >= 0.6 is 11.6 Å². The first kappa shape index (κ1) is 33.2. The Labute approximate surface area is 287 Å². The number of amides is 3. The monoisotopic (exact) mass is 662 g/mol. The summed E-state index contributed by atoms with van der Waals surface area (Å²) >= 11 is 6.13. The molecule has 2 atom stereocenters. The topological polar surface area (TPSA) is 85.0 Å². The third kappa shape index (κ3) is 7.89. The number of piperazine rings is 1. The van der Waals surface area contributed by atoms with Crippen LogP contribution in [0.3, 0.4) is 0 Å². The number of nitrogens with one attached hydrogen (secondary N) is 2. The van der Waals surface area contributed by atoms with Crippen molar-refractivity contribution in [2.45, 2.75) is 31.3 Å². The third-order valence-electron chi connectivity index (χ3n) is 9.19. The van der Waals surface area contributed by atoms with E-state index in [4.69, 9.17) is 11.6 Å². The highest BCUT2D eigenvalue weighted by atomic mass is 35.5. The van der Waals surface area contributed by atoms with Crippen molar-refractivity contribution in [3.05, 3.63) is 143 Å². The molecule has 0 aromatic heterocycles. The number of halogens is 1. The van der Waals surface area contributed by atoms with Crippen molar-refractivity contribution in [1.29, 1.82) is 0 Å². The van der Waals surface area contributed by atoms with Crippen LogP contribution in [-0.4, -0.2) is 73.3 Å². The second-order valence-corrected chi connectivity index (χ2v) is 12.8. The minimum atomic E-state index is -0.756. The van der Waals surface area contributed by atoms with Gasteiger partial charge in [-0.25, -0.2) is 0 Å². The predicted octanol–water partition coefficient (Wildman–Crippen LogP) is 5.08. The summed E-state index contributed by atoms with van der Waals surface area (Å²) < 4.78 is 0. The van der Waals surface area contributed by atoms with E-state index < -0.39 is 12.1 Å². The molecule has 2 heterocycles. The van der Waals surface area contributed by atoms with Crippen LogP contribution in [0.2, 0.25) is 5.02 Å². The molecule has 1 radical (unpaired) electrons. The van der Waals surface area contributed by atoms with Crippen LogP contribution in [-0.2, 0) is 28.9 Å². The molecule has 0 bridgehead atoms. The highest BCUT2D eigenvalue weighted by Gasteiger charge is 2.33. The summed E-state index contributed by atoms with van der Waals surface area (Å²) in [5.41, 5.74) is 5.62. The molecular formula is C39H41ClN5O3. The Bertz CT molecular complexity index is 1720. The Morgan fingerprint density at radius 1 is 0.854 bits per heavy atom. The lowest BCUT2D eigenvalue weighted by Crippen LogP contribution is -2.57. The minimum absolute atomic E-state index is 0.0269. The molecule has 4 aromatic rings. The Balaban J connectivity index is 1.13. The summed E-state index contributed by atoms with van der Waals surface area (Å²) in [6.45, 7) is 4.58. The molecule has 48 heavy (non-hydrogen) atoms. The van der Waals surface area contributed by atoms with Gasteiger partial charge in [0.1, 0.15) is 12.1 Å². The third-order valence-corrected chi connectivity index (χ3v) is 9.45. The quantitative estimate of drug-likeness (QED) is 0.248. The highest BCUT2D eigenvalue weighted by molar-refractivity contribution is 6.30. The van der Waals surface area contributed by atoms with Crippen LogP contribution in [0.4, 0.5) is 5.69 Å². The molecule has 1 fully saturated rings. The molecule has 0 saturated carbocycles. The van der Waals surface area contributed by atoms with Crippen molar-refractivity contribution in [2.75, 3.05) is 44.7 Å². The number of benzene rings is 4. The van der Waals surface area contributed by atoms with E-state index in [1.165, 1.54) is 5.56 Å². The van der Waals surface area contributed by atoms with E-state index in [9.17, 15) is 14.4 Å². The van der Waals surface area contributed by atoms with Gasteiger partial charge >= 0.3 is 0 Å². The summed E-state index contributed by atoms with van der Waals surface area (Å²) in [5.74, 6) is -0.398. The van der Waals surface area contributed by atoms with Crippen molar-refractivity contribution in [3.63, 3.8) is 0 Å². The lowest BCUT2D eigenvalue weighted by atomic mass is 9.93. The molecule has 2 aliphatic rings. The van der Waals surface area contributed by atoms with Gasteiger partial charge in [-0.15, -0.1) is 0 Å². The molecule has 1 unspecified atom stereocenters. The maximum atomic E-state index is 14.1. The van der Waals surface area contributed by atoms with Gasteiger partial charge in [0, 0.05) is 63.4 Å². The standard InChI is InChI=1S/C39H41ClN5O3/c1-43(22-20-28-9-3-2-4-10-28)38(47)33-13-7-8-14-35(33)44-23-25-45(26-24-44)39(48)34(27-29-15-17-31(40)18-16-29)42-37(46)36-32-12-6-5-11-30(32)19-21-41-36/h2-18,21,34,36,41H,19-20,22-27H2,1H3,(H,42,46)/t34-,36?/m1/s1. The number of para-hydroxylation sites is 1. The van der Waals surface area contributed by atoms with Crippen LogP contribution in [0.25, 0.3) is 0 Å². The van der Waals surface area contributed by atoms with Crippen molar-refractivity contribution < 1.29 is 14.4 Å². The summed E-state index contributed by atoms with van der Waals surface area (Å²) in [4.78, 5) is 47.1. The van der Waals surface area contributed by atoms with Gasteiger partial charge in [0.25, 0.3) is 5.91 Å². The molecule has 247 valence electrons. The molecule has 3 amide bonds. The predicted molar refractivity (Wildman–Crippen MR) is 190 cm³/mol. The zero-order valence-electron chi connectivity index (χ0n) is 27.1. The van der Waals surface area contributed by atoms with Crippen molar-refractivity contribution in [1.82, 2.24) is 20.4 Å². The fraction of sp³-hybridized carbons (Fsp3) is 0.282. The van der Waals surface area contributed by atoms with E-state index >= 15 is 0 Å². The van der Waals surface area contributed by atoms with E-state index in [0.29, 0.717) is 49.7 Å². The highest BCUT2D eigenvalue weighted by Crippen LogP contribution is 2.26. The normalized spacial score (nSPS) is 16.5. The van der Waals surface area contributed by atoms with E-state index in [0.717, 1.165) is 35.2 Å². The Kier molecular flexibility index (Phi) is 10.7. The van der Waals surface area contributed by atoms with Gasteiger partial charge in [-0.05, 0) is 59.4 Å². The molecule has 0 aliphatic carbocycles. The van der Waals surface area contributed by atoms with Gasteiger partial charge in [-0.2, -0.15) is 0 Å². The lowest BCUT2D eigenvalue weighted by molar-refractivity contribution is -0.137. The molecule has 2 aliphatic heterocycles. The first-order valence-corrected chi connectivity index (χ1v) is 16.9. The Morgan fingerprint density at radius 2 is 1.54 bits per heavy atom. The van der Waals surface area contributed by atoms with E-state index in [2.05, 4.69) is 27.7 Å². The van der Waals surface area contributed by atoms with Crippen molar-refractivity contribution >= 4 is 35.0 Å². The van der Waals surface area contributed by atoms with Gasteiger partial charge < -0.3 is 20.0 Å². The number of hydrogen-bond donors (Lipinski definition) is 2. The fourth-order valence-electron chi connectivity index (χ4n) is 6.47.